The Balaban J connectivity index is 0.00000243. The summed E-state index contributed by atoms with van der Waals surface area (Å²) >= 11 is 0. The summed E-state index contributed by atoms with van der Waals surface area (Å²) in [4.78, 5) is 23.8. The van der Waals surface area contributed by atoms with Crippen molar-refractivity contribution in [2.45, 2.75) is 46.6 Å². The molecule has 4 nitrogen and oxygen atoms in total. The Morgan fingerprint density at radius 2 is 1.85 bits per heavy atom. The molecule has 2 aromatic rings. The molecule has 1 atom stereocenters. The van der Waals surface area contributed by atoms with Crippen molar-refractivity contribution in [3.63, 3.8) is 0 Å². The Labute approximate surface area is 196 Å². The van der Waals surface area contributed by atoms with Crippen LogP contribution in [0.3, 0.4) is 0 Å². The minimum absolute atomic E-state index is 0. The van der Waals surface area contributed by atoms with Gasteiger partial charge in [-0.1, -0.05) is 23.9 Å². The van der Waals surface area contributed by atoms with Crippen LogP contribution in [0, 0.1) is 20.8 Å². The van der Waals surface area contributed by atoms with Gasteiger partial charge in [-0.05, 0) is 78.6 Å². The molecule has 1 aliphatic rings. The molecule has 1 aliphatic carbocycles. The molecule has 0 aliphatic heterocycles. The molecule has 1 N–H and O–H groups in total. The molecule has 0 spiro atoms. The quantitative estimate of drug-likeness (QED) is 0.705. The molecule has 0 saturated carbocycles. The zero-order valence-corrected chi connectivity index (χ0v) is 19.1. The number of hydrogen-bond acceptors (Lipinski definition) is 3. The van der Waals surface area contributed by atoms with Gasteiger partial charge in [-0.15, -0.1) is 0 Å². The number of carbonyl (C=O) groups excluding carboxylic acids is 1. The van der Waals surface area contributed by atoms with Gasteiger partial charge in [0.25, 0.3) is 0 Å². The van der Waals surface area contributed by atoms with Crippen molar-refractivity contribution >= 4 is 5.91 Å². The van der Waals surface area contributed by atoms with E-state index >= 15 is 0 Å². The van der Waals surface area contributed by atoms with E-state index in [9.17, 15) is 14.7 Å². The van der Waals surface area contributed by atoms with Crippen molar-refractivity contribution in [2.75, 3.05) is 0 Å². The maximum atomic E-state index is 12.1. The van der Waals surface area contributed by atoms with E-state index < -0.39 is 11.2 Å². The maximum absolute atomic E-state index is 12.1. The van der Waals surface area contributed by atoms with Crippen LogP contribution in [0.1, 0.15) is 47.2 Å². The minimum Gasteiger partial charge on any atom is -0.870 e. The molecule has 130 valence electrons. The summed E-state index contributed by atoms with van der Waals surface area (Å²) < 4.78 is 0. The summed E-state index contributed by atoms with van der Waals surface area (Å²) in [7, 11) is 0. The molecule has 1 amide bonds. The molecule has 0 heterocycles. The smallest absolute Gasteiger partial charge is 0.870 e. The van der Waals surface area contributed by atoms with Gasteiger partial charge in [-0.25, -0.2) is 0 Å². The van der Waals surface area contributed by atoms with Crippen molar-refractivity contribution in [1.29, 1.82) is 0 Å². The zero-order valence-electron chi connectivity index (χ0n) is 16.0. The van der Waals surface area contributed by atoms with Crippen LogP contribution in [0.4, 0.5) is 0 Å². The van der Waals surface area contributed by atoms with Crippen LogP contribution in [0.15, 0.2) is 29.1 Å². The van der Waals surface area contributed by atoms with Gasteiger partial charge in [0.05, 0.1) is 6.04 Å². The number of fused-ring (bicyclic) bond motifs is 3. The standard InChI is InChI=1S/C21H23NO3.K/c1-11-9-15-5-7-18(22-14(4)23)17-10-20(25)19(24)8-6-16(17)21(15)13(3)12(11)2;/h6,8-10,18H,5,7H2,1-4H3,(H,22,23)(H,24,25);/q;+1/p-1. The molecule has 2 aromatic carbocycles. The van der Waals surface area contributed by atoms with E-state index in [0.717, 1.165) is 28.7 Å². The summed E-state index contributed by atoms with van der Waals surface area (Å²) in [5, 5.41) is 14.9. The van der Waals surface area contributed by atoms with Gasteiger partial charge >= 0.3 is 51.4 Å². The molecule has 1 unspecified atom stereocenters. The molecule has 26 heavy (non-hydrogen) atoms. The zero-order chi connectivity index (χ0) is 18.3. The number of amides is 1. The van der Waals surface area contributed by atoms with Gasteiger partial charge in [0, 0.05) is 6.92 Å². The van der Waals surface area contributed by atoms with E-state index in [1.54, 1.807) is 6.07 Å². The number of hydrogen-bond donors (Lipinski definition) is 1. The van der Waals surface area contributed by atoms with E-state index in [0.29, 0.717) is 6.42 Å². The maximum Gasteiger partial charge on any atom is 1.00 e. The number of aryl methyl sites for hydroxylation is 2. The third-order valence-electron chi connectivity index (χ3n) is 5.21. The fourth-order valence-electron chi connectivity index (χ4n) is 3.73. The Kier molecular flexibility index (Phi) is 6.85. The van der Waals surface area contributed by atoms with Gasteiger partial charge in [-0.2, -0.15) is 0 Å². The summed E-state index contributed by atoms with van der Waals surface area (Å²) in [6, 6.07) is 6.39. The first-order valence-corrected chi connectivity index (χ1v) is 8.52. The van der Waals surface area contributed by atoms with Gasteiger partial charge < -0.3 is 10.4 Å². The van der Waals surface area contributed by atoms with E-state index in [1.807, 2.05) is 0 Å². The second-order valence-corrected chi connectivity index (χ2v) is 6.84. The van der Waals surface area contributed by atoms with Crippen molar-refractivity contribution in [1.82, 2.24) is 5.32 Å². The average Bonchev–Trinajstić information content (AvgIpc) is 2.77. The average molecular weight is 376 g/mol. The molecule has 0 aromatic heterocycles. The molecule has 0 radical (unpaired) electrons. The molecule has 5 heteroatoms. The topological polar surface area (TPSA) is 69.2 Å². The second-order valence-electron chi connectivity index (χ2n) is 6.84. The van der Waals surface area contributed by atoms with Crippen LogP contribution in [-0.4, -0.2) is 5.91 Å². The number of benzene rings is 1. The number of nitrogens with one attached hydrogen (secondary N) is 1. The van der Waals surface area contributed by atoms with Crippen LogP contribution in [-0.2, 0) is 11.2 Å². The first kappa shape index (κ1) is 21.3. The van der Waals surface area contributed by atoms with Crippen LogP contribution in [0.5, 0.6) is 5.75 Å². The van der Waals surface area contributed by atoms with Gasteiger partial charge in [0.2, 0.25) is 5.91 Å². The Morgan fingerprint density at radius 1 is 1.15 bits per heavy atom. The molecular formula is C21H22KNO3. The van der Waals surface area contributed by atoms with E-state index in [1.165, 1.54) is 35.7 Å². The minimum atomic E-state index is -0.540. The Hall–Kier alpha value is -0.984. The van der Waals surface area contributed by atoms with Gasteiger partial charge in [0.15, 0.2) is 5.43 Å². The van der Waals surface area contributed by atoms with E-state index in [2.05, 4.69) is 32.2 Å². The first-order valence-electron chi connectivity index (χ1n) is 8.52. The fourth-order valence-corrected chi connectivity index (χ4v) is 3.73. The number of carbonyl (C=O) groups is 1. The predicted octanol–water partition coefficient (Wildman–Crippen LogP) is -0.160. The summed E-state index contributed by atoms with van der Waals surface area (Å²) in [5.41, 5.74) is 6.93. The number of rotatable bonds is 1. The summed E-state index contributed by atoms with van der Waals surface area (Å²) in [6.45, 7) is 7.72. The molecular weight excluding hydrogens is 353 g/mol. The second kappa shape index (κ2) is 8.36. The monoisotopic (exact) mass is 375 g/mol. The van der Waals surface area contributed by atoms with Gasteiger partial charge in [-0.3, -0.25) is 9.59 Å². The van der Waals surface area contributed by atoms with Crippen LogP contribution in [0.25, 0.3) is 11.1 Å². The predicted molar refractivity (Wildman–Crippen MR) is 96.7 cm³/mol. The summed E-state index contributed by atoms with van der Waals surface area (Å²) in [6.07, 6.45) is 1.50. The normalized spacial score (nSPS) is 15.2. The van der Waals surface area contributed by atoms with E-state index in [-0.39, 0.29) is 63.3 Å². The third-order valence-corrected chi connectivity index (χ3v) is 5.21. The fraction of sp³-hybridized carbons (Fsp3) is 0.333. The Bertz CT molecular complexity index is 937. The molecule has 0 fully saturated rings. The van der Waals surface area contributed by atoms with Crippen LogP contribution >= 0.6 is 0 Å². The van der Waals surface area contributed by atoms with Crippen LogP contribution < -0.4 is 67.2 Å². The first-order chi connectivity index (χ1) is 11.8. The van der Waals surface area contributed by atoms with E-state index in [4.69, 9.17) is 0 Å². The third kappa shape index (κ3) is 3.97. The molecule has 3 rings (SSSR count). The SMILES string of the molecule is CC(=O)NC1CCc2cc(C)c(C)c(C)c2-c2ccc([O-])c(=O)cc21.[K+]. The Morgan fingerprint density at radius 3 is 2.50 bits per heavy atom. The summed E-state index contributed by atoms with van der Waals surface area (Å²) in [5.74, 6) is -0.676. The molecule has 0 bridgehead atoms. The van der Waals surface area contributed by atoms with Crippen molar-refractivity contribution in [3.05, 3.63) is 62.3 Å². The van der Waals surface area contributed by atoms with Crippen molar-refractivity contribution < 1.29 is 61.3 Å². The van der Waals surface area contributed by atoms with Crippen LogP contribution in [0.2, 0.25) is 0 Å². The van der Waals surface area contributed by atoms with Crippen molar-refractivity contribution in [3.8, 4) is 16.9 Å². The van der Waals surface area contributed by atoms with Crippen molar-refractivity contribution in [2.24, 2.45) is 0 Å². The molecule has 0 saturated heterocycles. The largest absolute Gasteiger partial charge is 1.00 e. The van der Waals surface area contributed by atoms with Gasteiger partial charge in [0.1, 0.15) is 0 Å².